The Hall–Kier alpha value is -2.88. The molecule has 0 atom stereocenters. The molecular weight excluding hydrogens is 416 g/mol. The summed E-state index contributed by atoms with van der Waals surface area (Å²) in [5, 5.41) is 12.7. The zero-order chi connectivity index (χ0) is 21.8. The van der Waals surface area contributed by atoms with E-state index in [1.165, 1.54) is 11.8 Å². The van der Waals surface area contributed by atoms with Crippen molar-refractivity contribution in [1.29, 1.82) is 0 Å². The second-order valence-corrected chi connectivity index (χ2v) is 8.79. The lowest BCUT2D eigenvalue weighted by Gasteiger charge is -2.30. The molecule has 2 aromatic rings. The highest BCUT2D eigenvalue weighted by atomic mass is 32.2. The summed E-state index contributed by atoms with van der Waals surface area (Å²) in [4.78, 5) is 37.5. The van der Waals surface area contributed by atoms with Gasteiger partial charge in [0.25, 0.3) is 5.91 Å². The van der Waals surface area contributed by atoms with E-state index in [-0.39, 0.29) is 11.7 Å². The van der Waals surface area contributed by atoms with E-state index in [2.05, 4.69) is 20.9 Å². The van der Waals surface area contributed by atoms with Gasteiger partial charge in [0.05, 0.1) is 5.75 Å². The number of rotatable bonds is 7. The van der Waals surface area contributed by atoms with Crippen molar-refractivity contribution in [2.45, 2.75) is 62.7 Å². The van der Waals surface area contributed by atoms with Crippen LogP contribution in [0, 0.1) is 0 Å². The molecule has 0 bridgehead atoms. The van der Waals surface area contributed by atoms with Crippen LogP contribution in [0.3, 0.4) is 0 Å². The Morgan fingerprint density at radius 1 is 1.16 bits per heavy atom. The Morgan fingerprint density at radius 2 is 1.90 bits per heavy atom. The summed E-state index contributed by atoms with van der Waals surface area (Å²) < 4.78 is 1.97. The SMILES string of the molecule is CCn1c(Cc2ccccc2)nnc1SCC(=O)NN1C(=O)NC2(CCCCC2)C1=O. The summed E-state index contributed by atoms with van der Waals surface area (Å²) in [7, 11) is 0. The first-order valence-electron chi connectivity index (χ1n) is 10.6. The Morgan fingerprint density at radius 3 is 2.61 bits per heavy atom. The predicted octanol–water partition coefficient (Wildman–Crippen LogP) is 2.27. The molecule has 1 aromatic heterocycles. The minimum absolute atomic E-state index is 0.0214. The van der Waals surface area contributed by atoms with Gasteiger partial charge in [0, 0.05) is 13.0 Å². The summed E-state index contributed by atoms with van der Waals surface area (Å²) in [6, 6.07) is 9.44. The van der Waals surface area contributed by atoms with Crippen molar-refractivity contribution >= 4 is 29.6 Å². The fourth-order valence-corrected chi connectivity index (χ4v) is 4.97. The molecule has 1 saturated carbocycles. The molecule has 10 heteroatoms. The Bertz CT molecular complexity index is 971. The van der Waals surface area contributed by atoms with Gasteiger partial charge in [-0.25, -0.2) is 4.79 Å². The molecule has 164 valence electrons. The molecule has 1 spiro atoms. The van der Waals surface area contributed by atoms with Gasteiger partial charge in [-0.3, -0.25) is 15.0 Å². The molecule has 0 radical (unpaired) electrons. The Balaban J connectivity index is 1.36. The highest BCUT2D eigenvalue weighted by molar-refractivity contribution is 7.99. The lowest BCUT2D eigenvalue weighted by atomic mass is 9.82. The number of carbonyl (C=O) groups excluding carboxylic acids is 3. The first-order valence-corrected chi connectivity index (χ1v) is 11.6. The molecular formula is C21H26N6O3S. The number of amides is 4. The van der Waals surface area contributed by atoms with Gasteiger partial charge in [-0.05, 0) is 25.3 Å². The zero-order valence-corrected chi connectivity index (χ0v) is 18.3. The van der Waals surface area contributed by atoms with Crippen LogP contribution in [0.1, 0.15) is 50.4 Å². The minimum atomic E-state index is -0.857. The maximum atomic E-state index is 12.8. The molecule has 1 aromatic carbocycles. The smallest absolute Gasteiger partial charge is 0.322 e. The number of thioether (sulfide) groups is 1. The number of benzene rings is 1. The van der Waals surface area contributed by atoms with Gasteiger partial charge in [0.15, 0.2) is 5.16 Å². The van der Waals surface area contributed by atoms with Crippen LogP contribution < -0.4 is 10.7 Å². The summed E-state index contributed by atoms with van der Waals surface area (Å²) >= 11 is 1.23. The van der Waals surface area contributed by atoms with Crippen molar-refractivity contribution in [1.82, 2.24) is 30.5 Å². The van der Waals surface area contributed by atoms with E-state index < -0.39 is 17.5 Å². The van der Waals surface area contributed by atoms with E-state index in [0.29, 0.717) is 31.0 Å². The summed E-state index contributed by atoms with van der Waals surface area (Å²) in [5.74, 6) is 0.0482. The number of aromatic nitrogens is 3. The minimum Gasteiger partial charge on any atom is -0.322 e. The molecule has 2 aliphatic rings. The number of nitrogens with zero attached hydrogens (tertiary/aromatic N) is 4. The van der Waals surface area contributed by atoms with Crippen LogP contribution in [0.4, 0.5) is 4.79 Å². The van der Waals surface area contributed by atoms with Crippen LogP contribution in [-0.2, 0) is 22.6 Å². The third-order valence-corrected chi connectivity index (χ3v) is 6.72. The van der Waals surface area contributed by atoms with E-state index in [9.17, 15) is 14.4 Å². The molecule has 1 aliphatic carbocycles. The second-order valence-electron chi connectivity index (χ2n) is 7.84. The second kappa shape index (κ2) is 9.09. The average Bonchev–Trinajstić information content (AvgIpc) is 3.27. The van der Waals surface area contributed by atoms with Crippen molar-refractivity contribution in [3.63, 3.8) is 0 Å². The van der Waals surface area contributed by atoms with Gasteiger partial charge in [-0.1, -0.05) is 61.4 Å². The molecule has 9 nitrogen and oxygen atoms in total. The van der Waals surface area contributed by atoms with Crippen molar-refractivity contribution in [3.05, 3.63) is 41.7 Å². The maximum absolute atomic E-state index is 12.8. The summed E-state index contributed by atoms with van der Waals surface area (Å²) in [6.45, 7) is 2.67. The number of urea groups is 1. The number of imide groups is 1. The van der Waals surface area contributed by atoms with Gasteiger partial charge < -0.3 is 9.88 Å². The Kier molecular flexibility index (Phi) is 6.26. The highest BCUT2D eigenvalue weighted by Gasteiger charge is 2.52. The van der Waals surface area contributed by atoms with E-state index in [1.807, 2.05) is 41.8 Å². The van der Waals surface area contributed by atoms with E-state index >= 15 is 0 Å². The van der Waals surface area contributed by atoms with Crippen molar-refractivity contribution < 1.29 is 14.4 Å². The van der Waals surface area contributed by atoms with Crippen molar-refractivity contribution in [2.75, 3.05) is 5.75 Å². The number of carbonyl (C=O) groups is 3. The van der Waals surface area contributed by atoms with Crippen LogP contribution in [0.15, 0.2) is 35.5 Å². The largest absolute Gasteiger partial charge is 0.344 e. The standard InChI is InChI=1S/C21H26N6O3S/c1-2-26-16(13-15-9-5-3-6-10-15)23-24-20(26)31-14-17(28)25-27-18(29)21(22-19(27)30)11-7-4-8-12-21/h3,5-6,9-10H,2,4,7-8,11-14H2,1H3,(H,22,30)(H,25,28). The van der Waals surface area contributed by atoms with Crippen LogP contribution in [0.25, 0.3) is 0 Å². The number of hydrazine groups is 1. The molecule has 2 fully saturated rings. The fraction of sp³-hybridized carbons (Fsp3) is 0.476. The highest BCUT2D eigenvalue weighted by Crippen LogP contribution is 2.33. The van der Waals surface area contributed by atoms with Crippen LogP contribution >= 0.6 is 11.8 Å². The number of hydrogen-bond acceptors (Lipinski definition) is 6. The van der Waals surface area contributed by atoms with Crippen molar-refractivity contribution in [2.24, 2.45) is 0 Å². The first-order chi connectivity index (χ1) is 15.0. The summed E-state index contributed by atoms with van der Waals surface area (Å²) in [5.41, 5.74) is 2.74. The topological polar surface area (TPSA) is 109 Å². The van der Waals surface area contributed by atoms with E-state index in [0.717, 1.165) is 35.7 Å². The average molecular weight is 443 g/mol. The van der Waals surface area contributed by atoms with Crippen LogP contribution in [0.2, 0.25) is 0 Å². The third kappa shape index (κ3) is 4.43. The molecule has 31 heavy (non-hydrogen) atoms. The zero-order valence-electron chi connectivity index (χ0n) is 17.5. The molecule has 4 amide bonds. The van der Waals surface area contributed by atoms with Gasteiger partial charge in [0.2, 0.25) is 5.91 Å². The van der Waals surface area contributed by atoms with Gasteiger partial charge in [-0.15, -0.1) is 10.2 Å². The van der Waals surface area contributed by atoms with E-state index in [1.54, 1.807) is 0 Å². The fourth-order valence-electron chi connectivity index (χ4n) is 4.16. The van der Waals surface area contributed by atoms with E-state index in [4.69, 9.17) is 0 Å². The van der Waals surface area contributed by atoms with Crippen LogP contribution in [0.5, 0.6) is 0 Å². The Labute approximate surface area is 184 Å². The molecule has 2 heterocycles. The molecule has 2 N–H and O–H groups in total. The molecule has 1 aliphatic heterocycles. The molecule has 0 unspecified atom stereocenters. The number of nitrogens with one attached hydrogen (secondary N) is 2. The lowest BCUT2D eigenvalue weighted by molar-refractivity contribution is -0.139. The number of hydrogen-bond donors (Lipinski definition) is 2. The molecule has 1 saturated heterocycles. The first kappa shape index (κ1) is 21.4. The van der Waals surface area contributed by atoms with Gasteiger partial charge in [-0.2, -0.15) is 5.01 Å². The third-order valence-electron chi connectivity index (χ3n) is 5.75. The van der Waals surface area contributed by atoms with Gasteiger partial charge >= 0.3 is 6.03 Å². The van der Waals surface area contributed by atoms with Gasteiger partial charge in [0.1, 0.15) is 11.4 Å². The quantitative estimate of drug-likeness (QED) is 0.503. The van der Waals surface area contributed by atoms with Crippen molar-refractivity contribution in [3.8, 4) is 0 Å². The summed E-state index contributed by atoms with van der Waals surface area (Å²) in [6.07, 6.45) is 4.71. The lowest BCUT2D eigenvalue weighted by Crippen LogP contribution is -2.51. The monoisotopic (exact) mass is 442 g/mol. The molecule has 4 rings (SSSR count). The van der Waals surface area contributed by atoms with Crippen LogP contribution in [-0.4, -0.2) is 48.9 Å². The maximum Gasteiger partial charge on any atom is 0.344 e. The predicted molar refractivity (Wildman–Crippen MR) is 115 cm³/mol. The normalized spacial score (nSPS) is 17.8.